The Hall–Kier alpha value is -0.0994. The first-order chi connectivity index (χ1) is 12.0. The lowest BCUT2D eigenvalue weighted by molar-refractivity contribution is -0.131. The van der Waals surface area contributed by atoms with E-state index in [4.69, 9.17) is 0 Å². The average molecular weight is 466 g/mol. The van der Waals surface area contributed by atoms with Crippen molar-refractivity contribution in [3.8, 4) is 0 Å². The van der Waals surface area contributed by atoms with Crippen molar-refractivity contribution in [2.75, 3.05) is 21.1 Å². The fourth-order valence-corrected chi connectivity index (χ4v) is 22.1. The van der Waals surface area contributed by atoms with Crippen LogP contribution >= 0.6 is 0 Å². The Kier molecular flexibility index (Phi) is 8.45. The van der Waals surface area contributed by atoms with Crippen molar-refractivity contribution in [1.29, 1.82) is 0 Å². The van der Waals surface area contributed by atoms with Gasteiger partial charge in [0, 0.05) is 19.3 Å². The van der Waals surface area contributed by atoms with Crippen LogP contribution in [-0.2, 0) is 0 Å². The summed E-state index contributed by atoms with van der Waals surface area (Å²) in [5.41, 5.74) is 0. The van der Waals surface area contributed by atoms with Crippen LogP contribution < -0.4 is 0 Å². The maximum atomic E-state index is 12.6. The van der Waals surface area contributed by atoms with E-state index in [9.17, 15) is 39.5 Å². The summed E-state index contributed by atoms with van der Waals surface area (Å²) < 4.78 is 119. The van der Waals surface area contributed by atoms with Crippen LogP contribution in [-0.4, -0.2) is 79.7 Å². The summed E-state index contributed by atoms with van der Waals surface area (Å²) in [4.78, 5) is 0. The molecule has 0 N–H and O–H groups in total. The molecule has 0 atom stereocenters. The molecule has 1 aliphatic rings. The van der Waals surface area contributed by atoms with Gasteiger partial charge >= 0.3 is 18.5 Å². The SMILES string of the molecule is CN1[SiH](CCC(F)(F)F)N(C)[SiH](CCC(F)(F)F)N(C)[SiH]1CCC(F)(F)F. The topological polar surface area (TPSA) is 9.72 Å². The van der Waals surface area contributed by atoms with Crippen LogP contribution in [0.15, 0.2) is 0 Å². The predicted molar refractivity (Wildman–Crippen MR) is 91.2 cm³/mol. The number of hydrogen-bond acceptors (Lipinski definition) is 3. The first-order valence-corrected chi connectivity index (χ1v) is 13.9. The van der Waals surface area contributed by atoms with E-state index in [1.807, 2.05) is 0 Å². The quantitative estimate of drug-likeness (QED) is 0.440. The van der Waals surface area contributed by atoms with Crippen molar-refractivity contribution in [3.63, 3.8) is 0 Å². The zero-order valence-electron chi connectivity index (χ0n) is 15.2. The number of nitrogens with zero attached hydrogens (tertiary/aromatic N) is 3. The molecule has 0 radical (unpaired) electrons. The molecule has 0 aromatic rings. The van der Waals surface area contributed by atoms with Crippen LogP contribution in [0.25, 0.3) is 0 Å². The first kappa shape index (κ1) is 24.9. The van der Waals surface area contributed by atoms with E-state index < -0.39 is 65.2 Å². The third-order valence-electron chi connectivity index (χ3n) is 4.88. The molecule has 15 heteroatoms. The standard InChI is InChI=1S/C12H24F9N3Si3/c1-22-25(7-4-10(13,14)15)23(2)27(9-6-12(19,20)21)24(3)26(22)8-5-11(16,17)18/h25-27H,4-9H2,1-3H3. The molecular formula is C12H24F9N3Si3. The Morgan fingerprint density at radius 3 is 0.815 bits per heavy atom. The Labute approximate surface area is 157 Å². The number of hydrogen-bond donors (Lipinski definition) is 0. The minimum atomic E-state index is -4.40. The van der Waals surface area contributed by atoms with Gasteiger partial charge in [-0.15, -0.1) is 0 Å². The maximum Gasteiger partial charge on any atom is 0.388 e. The highest BCUT2D eigenvalue weighted by Gasteiger charge is 2.46. The van der Waals surface area contributed by atoms with E-state index >= 15 is 0 Å². The number of halogens is 9. The highest BCUT2D eigenvalue weighted by molar-refractivity contribution is 6.85. The van der Waals surface area contributed by atoms with Gasteiger partial charge in [0.25, 0.3) is 0 Å². The Morgan fingerprint density at radius 2 is 0.667 bits per heavy atom. The molecule has 0 aromatic carbocycles. The molecule has 0 amide bonds. The molecule has 0 bridgehead atoms. The van der Waals surface area contributed by atoms with Gasteiger partial charge in [-0.05, 0) is 39.3 Å². The van der Waals surface area contributed by atoms with Crippen LogP contribution in [0.3, 0.4) is 0 Å². The van der Waals surface area contributed by atoms with Crippen LogP contribution in [0, 0.1) is 0 Å². The van der Waals surface area contributed by atoms with Gasteiger partial charge in [0.05, 0.1) is 0 Å². The van der Waals surface area contributed by atoms with Gasteiger partial charge in [-0.1, -0.05) is 0 Å². The lowest BCUT2D eigenvalue weighted by atomic mass is 10.5. The van der Waals surface area contributed by atoms with Crippen molar-refractivity contribution in [2.45, 2.75) is 55.9 Å². The average Bonchev–Trinajstić information content (AvgIpc) is 2.43. The van der Waals surface area contributed by atoms with Gasteiger partial charge in [0.2, 0.25) is 0 Å². The molecule has 0 spiro atoms. The van der Waals surface area contributed by atoms with Crippen LogP contribution in [0.1, 0.15) is 19.3 Å². The molecule has 162 valence electrons. The van der Waals surface area contributed by atoms with Crippen molar-refractivity contribution in [2.24, 2.45) is 0 Å². The third-order valence-corrected chi connectivity index (χ3v) is 19.1. The molecule has 3 nitrogen and oxygen atoms in total. The second-order valence-electron chi connectivity index (χ2n) is 6.90. The van der Waals surface area contributed by atoms with Crippen LogP contribution in [0.5, 0.6) is 0 Å². The molecule has 1 saturated heterocycles. The Balaban J connectivity index is 3.00. The molecule has 1 rings (SSSR count). The van der Waals surface area contributed by atoms with Gasteiger partial charge in [0.15, 0.2) is 27.4 Å². The smallest absolute Gasteiger partial charge is 0.330 e. The van der Waals surface area contributed by atoms with Gasteiger partial charge in [0.1, 0.15) is 0 Å². The summed E-state index contributed by atoms with van der Waals surface area (Å²) in [5, 5.41) is 0. The van der Waals surface area contributed by atoms with E-state index in [0.717, 1.165) is 0 Å². The Bertz CT molecular complexity index is 393. The van der Waals surface area contributed by atoms with E-state index in [-0.39, 0.29) is 18.1 Å². The highest BCUT2D eigenvalue weighted by atomic mass is 28.4. The molecule has 0 aromatic heterocycles. The normalized spacial score (nSPS) is 27.3. The van der Waals surface area contributed by atoms with Gasteiger partial charge in [-0.25, -0.2) is 0 Å². The summed E-state index contributed by atoms with van der Waals surface area (Å²) in [6.45, 7) is 0. The maximum absolute atomic E-state index is 12.6. The fraction of sp³-hybridized carbons (Fsp3) is 1.00. The number of alkyl halides is 9. The number of rotatable bonds is 6. The van der Waals surface area contributed by atoms with Crippen molar-refractivity contribution in [1.82, 2.24) is 12.7 Å². The monoisotopic (exact) mass is 465 g/mol. The lowest BCUT2D eigenvalue weighted by Gasteiger charge is -2.53. The molecule has 1 aliphatic heterocycles. The summed E-state index contributed by atoms with van der Waals surface area (Å²) >= 11 is 0. The molecule has 27 heavy (non-hydrogen) atoms. The minimum absolute atomic E-state index is 0.227. The van der Waals surface area contributed by atoms with Crippen LogP contribution in [0.4, 0.5) is 39.5 Å². The van der Waals surface area contributed by atoms with E-state index in [0.29, 0.717) is 0 Å². The van der Waals surface area contributed by atoms with E-state index in [1.54, 1.807) is 33.8 Å². The second-order valence-corrected chi connectivity index (χ2v) is 18.2. The lowest BCUT2D eigenvalue weighted by Crippen LogP contribution is -2.74. The van der Waals surface area contributed by atoms with Crippen molar-refractivity contribution < 1.29 is 39.5 Å². The third kappa shape index (κ3) is 8.43. The zero-order chi connectivity index (χ0) is 21.2. The molecule has 0 unspecified atom stereocenters. The highest BCUT2D eigenvalue weighted by Crippen LogP contribution is 2.32. The molecule has 1 heterocycles. The van der Waals surface area contributed by atoms with E-state index in [1.165, 1.54) is 0 Å². The van der Waals surface area contributed by atoms with Crippen molar-refractivity contribution >= 4 is 27.4 Å². The Morgan fingerprint density at radius 1 is 0.481 bits per heavy atom. The van der Waals surface area contributed by atoms with E-state index in [2.05, 4.69) is 0 Å². The molecule has 1 fully saturated rings. The largest absolute Gasteiger partial charge is 0.388 e. The first-order valence-electron chi connectivity index (χ1n) is 8.38. The zero-order valence-corrected chi connectivity index (χ0v) is 18.7. The second kappa shape index (κ2) is 9.15. The molecular weight excluding hydrogens is 441 g/mol. The molecule has 0 saturated carbocycles. The fourth-order valence-electron chi connectivity index (χ4n) is 3.56. The van der Waals surface area contributed by atoms with Gasteiger partial charge < -0.3 is 12.7 Å². The summed E-state index contributed by atoms with van der Waals surface area (Å²) in [6.07, 6.45) is -16.4. The van der Waals surface area contributed by atoms with Crippen LogP contribution in [0.2, 0.25) is 18.1 Å². The van der Waals surface area contributed by atoms with Crippen molar-refractivity contribution in [3.05, 3.63) is 0 Å². The summed E-state index contributed by atoms with van der Waals surface area (Å²) in [6, 6.07) is -0.680. The minimum Gasteiger partial charge on any atom is -0.330 e. The summed E-state index contributed by atoms with van der Waals surface area (Å²) in [7, 11) is -2.71. The molecule has 0 aliphatic carbocycles. The summed E-state index contributed by atoms with van der Waals surface area (Å²) in [5.74, 6) is 0. The van der Waals surface area contributed by atoms with Gasteiger partial charge in [-0.3, -0.25) is 0 Å². The predicted octanol–water partition coefficient (Wildman–Crippen LogP) is 3.31. The van der Waals surface area contributed by atoms with Gasteiger partial charge in [-0.2, -0.15) is 39.5 Å².